The Bertz CT molecular complexity index is 539. The summed E-state index contributed by atoms with van der Waals surface area (Å²) in [5.74, 6) is -1.77. The number of nitrogens with one attached hydrogen (secondary N) is 1. The largest absolute Gasteiger partial charge is 0.471 e. The second-order valence-electron chi connectivity index (χ2n) is 8.32. The Balaban J connectivity index is 1.79. The highest BCUT2D eigenvalue weighted by Crippen LogP contribution is 2.51. The molecular weight excluding hydrogens is 333 g/mol. The first kappa shape index (κ1) is 18.7. The first-order valence-electron chi connectivity index (χ1n) is 9.30. The van der Waals surface area contributed by atoms with E-state index in [0.29, 0.717) is 25.7 Å². The predicted molar refractivity (Wildman–Crippen MR) is 86.8 cm³/mol. The van der Waals surface area contributed by atoms with Crippen LogP contribution in [0.5, 0.6) is 0 Å². The van der Waals surface area contributed by atoms with Crippen LogP contribution in [0.4, 0.5) is 13.2 Å². The van der Waals surface area contributed by atoms with Crippen LogP contribution >= 0.6 is 0 Å². The molecule has 142 valence electrons. The number of likely N-dealkylation sites (tertiary alicyclic amines) is 1. The molecule has 3 fully saturated rings. The molecule has 4 nitrogen and oxygen atoms in total. The Morgan fingerprint density at radius 1 is 1.20 bits per heavy atom. The van der Waals surface area contributed by atoms with Crippen molar-refractivity contribution in [2.75, 3.05) is 13.1 Å². The maximum absolute atomic E-state index is 13.0. The molecule has 3 rings (SSSR count). The normalized spacial score (nSPS) is 35.3. The Kier molecular flexibility index (Phi) is 4.90. The van der Waals surface area contributed by atoms with Crippen LogP contribution in [0, 0.1) is 17.8 Å². The van der Waals surface area contributed by atoms with Gasteiger partial charge in [0.05, 0.1) is 6.04 Å². The molecule has 0 aromatic carbocycles. The van der Waals surface area contributed by atoms with E-state index in [0.717, 1.165) is 24.3 Å². The van der Waals surface area contributed by atoms with Crippen LogP contribution in [0.3, 0.4) is 0 Å². The molecule has 2 unspecified atom stereocenters. The lowest BCUT2D eigenvalue weighted by molar-refractivity contribution is -0.190. The van der Waals surface area contributed by atoms with Crippen molar-refractivity contribution < 1.29 is 22.8 Å². The summed E-state index contributed by atoms with van der Waals surface area (Å²) in [7, 11) is 0. The fraction of sp³-hybridized carbons (Fsp3) is 0.889. The smallest absolute Gasteiger partial charge is 0.329 e. The van der Waals surface area contributed by atoms with Gasteiger partial charge in [0, 0.05) is 18.0 Å². The van der Waals surface area contributed by atoms with Gasteiger partial charge in [-0.1, -0.05) is 13.8 Å². The van der Waals surface area contributed by atoms with E-state index in [4.69, 9.17) is 0 Å². The molecule has 1 spiro atoms. The number of nitrogens with zero attached hydrogens (tertiary/aromatic N) is 1. The molecule has 25 heavy (non-hydrogen) atoms. The third-order valence-corrected chi connectivity index (χ3v) is 6.20. The summed E-state index contributed by atoms with van der Waals surface area (Å²) in [6, 6.07) is -0.109. The lowest BCUT2D eigenvalue weighted by Gasteiger charge is -2.41. The van der Waals surface area contributed by atoms with Gasteiger partial charge >= 0.3 is 12.1 Å². The van der Waals surface area contributed by atoms with Gasteiger partial charge in [0.1, 0.15) is 0 Å². The van der Waals surface area contributed by atoms with Crippen LogP contribution in [0.25, 0.3) is 0 Å². The molecule has 0 bridgehead atoms. The van der Waals surface area contributed by atoms with Crippen molar-refractivity contribution in [3.05, 3.63) is 0 Å². The summed E-state index contributed by atoms with van der Waals surface area (Å²) in [5.41, 5.74) is -0.692. The van der Waals surface area contributed by atoms with E-state index in [1.165, 1.54) is 0 Å². The monoisotopic (exact) mass is 360 g/mol. The third-order valence-electron chi connectivity index (χ3n) is 6.20. The highest BCUT2D eigenvalue weighted by Gasteiger charge is 2.57. The van der Waals surface area contributed by atoms with Crippen LogP contribution in [-0.4, -0.2) is 47.4 Å². The number of halogens is 3. The van der Waals surface area contributed by atoms with Gasteiger partial charge in [-0.2, -0.15) is 13.2 Å². The van der Waals surface area contributed by atoms with Crippen molar-refractivity contribution in [3.8, 4) is 0 Å². The molecule has 0 radical (unpaired) electrons. The molecule has 0 aromatic rings. The number of Topliss-reactive ketones (excluding diaryl/α,β-unsaturated/α-hetero) is 1. The average Bonchev–Trinajstić information content (AvgIpc) is 3.08. The Morgan fingerprint density at radius 3 is 2.40 bits per heavy atom. The Morgan fingerprint density at radius 2 is 1.88 bits per heavy atom. The Hall–Kier alpha value is -1.11. The fourth-order valence-electron chi connectivity index (χ4n) is 4.75. The standard InChI is InChI=1S/C18H27F3N2O2/c1-11-8-13(15(24)14-4-3-7-22-14)12(2)9-17(5-6-17)23(10-11)16(25)18(19,20)21/h11-14,22H,3-10H2,1-2H3/t11-,12?,13?,14+/m1/s1. The molecule has 7 heteroatoms. The van der Waals surface area contributed by atoms with Crippen molar-refractivity contribution in [2.24, 2.45) is 17.8 Å². The number of hydrogen-bond acceptors (Lipinski definition) is 3. The number of ketones is 1. The number of alkyl halides is 3. The van der Waals surface area contributed by atoms with E-state index >= 15 is 0 Å². The van der Waals surface area contributed by atoms with E-state index in [9.17, 15) is 22.8 Å². The number of rotatable bonds is 2. The summed E-state index contributed by atoms with van der Waals surface area (Å²) in [6.45, 7) is 4.76. The first-order valence-corrected chi connectivity index (χ1v) is 9.30. The van der Waals surface area contributed by atoms with Crippen molar-refractivity contribution >= 4 is 11.7 Å². The topological polar surface area (TPSA) is 49.4 Å². The van der Waals surface area contributed by atoms with Gasteiger partial charge < -0.3 is 10.2 Å². The van der Waals surface area contributed by atoms with Crippen molar-refractivity contribution in [1.82, 2.24) is 10.2 Å². The fourth-order valence-corrected chi connectivity index (χ4v) is 4.75. The lowest BCUT2D eigenvalue weighted by Crippen LogP contribution is -2.53. The van der Waals surface area contributed by atoms with E-state index in [-0.39, 0.29) is 36.1 Å². The summed E-state index contributed by atoms with van der Waals surface area (Å²) < 4.78 is 39.1. The van der Waals surface area contributed by atoms with Crippen LogP contribution in [0.1, 0.15) is 52.4 Å². The minimum Gasteiger partial charge on any atom is -0.329 e. The number of carbonyl (C=O) groups is 2. The van der Waals surface area contributed by atoms with Crippen LogP contribution in [-0.2, 0) is 9.59 Å². The summed E-state index contributed by atoms with van der Waals surface area (Å²) in [4.78, 5) is 25.9. The molecule has 0 aromatic heterocycles. The molecule has 3 aliphatic rings. The second kappa shape index (κ2) is 6.56. The first-order chi connectivity index (χ1) is 11.6. The third kappa shape index (κ3) is 3.71. The molecule has 2 heterocycles. The van der Waals surface area contributed by atoms with Crippen molar-refractivity contribution in [1.29, 1.82) is 0 Å². The molecule has 1 N–H and O–H groups in total. The molecule has 1 aliphatic carbocycles. The van der Waals surface area contributed by atoms with Crippen molar-refractivity contribution in [3.63, 3.8) is 0 Å². The van der Waals surface area contributed by atoms with E-state index in [2.05, 4.69) is 5.32 Å². The van der Waals surface area contributed by atoms with E-state index in [1.807, 2.05) is 13.8 Å². The van der Waals surface area contributed by atoms with Gasteiger partial charge in [-0.15, -0.1) is 0 Å². The van der Waals surface area contributed by atoms with Gasteiger partial charge in [-0.3, -0.25) is 9.59 Å². The number of amides is 1. The van der Waals surface area contributed by atoms with Gasteiger partial charge in [0.15, 0.2) is 5.78 Å². The highest BCUT2D eigenvalue weighted by atomic mass is 19.4. The quantitative estimate of drug-likeness (QED) is 0.824. The van der Waals surface area contributed by atoms with Crippen molar-refractivity contribution in [2.45, 2.75) is 70.1 Å². The predicted octanol–water partition coefficient (Wildman–Crippen LogP) is 2.91. The van der Waals surface area contributed by atoms with Gasteiger partial charge in [0.25, 0.3) is 0 Å². The zero-order valence-corrected chi connectivity index (χ0v) is 14.9. The van der Waals surface area contributed by atoms with Crippen LogP contribution in [0.15, 0.2) is 0 Å². The summed E-state index contributed by atoms with van der Waals surface area (Å²) in [5, 5.41) is 3.25. The zero-order chi connectivity index (χ0) is 18.4. The average molecular weight is 360 g/mol. The molecule has 4 atom stereocenters. The lowest BCUT2D eigenvalue weighted by atomic mass is 9.75. The molecule has 2 aliphatic heterocycles. The minimum atomic E-state index is -4.83. The number of hydrogen-bond donors (Lipinski definition) is 1. The maximum atomic E-state index is 13.0. The molecule has 1 amide bonds. The molecular formula is C18H27F3N2O2. The van der Waals surface area contributed by atoms with E-state index in [1.54, 1.807) is 0 Å². The van der Waals surface area contributed by atoms with Gasteiger partial charge in [-0.05, 0) is 56.9 Å². The second-order valence-corrected chi connectivity index (χ2v) is 8.32. The van der Waals surface area contributed by atoms with Crippen LogP contribution < -0.4 is 5.32 Å². The Labute approximate surface area is 146 Å². The summed E-state index contributed by atoms with van der Waals surface area (Å²) >= 11 is 0. The minimum absolute atomic E-state index is 0.0105. The highest BCUT2D eigenvalue weighted by molar-refractivity contribution is 5.87. The summed E-state index contributed by atoms with van der Waals surface area (Å²) in [6.07, 6.45) is -0.741. The molecule has 2 saturated heterocycles. The SMILES string of the molecule is CC1CC2(CC2)N(C(=O)C(F)(F)F)C[C@H](C)CC1C(=O)[C@@H]1CCCN1. The van der Waals surface area contributed by atoms with Gasteiger partial charge in [0.2, 0.25) is 0 Å². The maximum Gasteiger partial charge on any atom is 0.471 e. The molecule has 1 saturated carbocycles. The van der Waals surface area contributed by atoms with Gasteiger partial charge in [-0.25, -0.2) is 0 Å². The van der Waals surface area contributed by atoms with E-state index < -0.39 is 17.6 Å². The number of carbonyl (C=O) groups excluding carboxylic acids is 2. The zero-order valence-electron chi connectivity index (χ0n) is 14.9. The van der Waals surface area contributed by atoms with Crippen LogP contribution in [0.2, 0.25) is 0 Å².